The smallest absolute Gasteiger partial charge is 0.139 e. The van der Waals surface area contributed by atoms with E-state index in [4.69, 9.17) is 5.26 Å². The maximum atomic E-state index is 8.88. The lowest BCUT2D eigenvalue weighted by molar-refractivity contribution is 1.03. The van der Waals surface area contributed by atoms with Gasteiger partial charge in [0.15, 0.2) is 0 Å². The van der Waals surface area contributed by atoms with Crippen LogP contribution in [0, 0.1) is 18.3 Å². The molecule has 0 saturated carbocycles. The summed E-state index contributed by atoms with van der Waals surface area (Å²) in [6.45, 7) is 2.72. The third-order valence-corrected chi connectivity index (χ3v) is 3.51. The normalized spacial score (nSPS) is 10.5. The number of aromatic nitrogens is 2. The Kier molecular flexibility index (Phi) is 3.57. The Balaban J connectivity index is 1.83. The van der Waals surface area contributed by atoms with Gasteiger partial charge in [0.1, 0.15) is 5.65 Å². The molecule has 0 spiro atoms. The second-order valence-electron chi connectivity index (χ2n) is 4.96. The number of anilines is 1. The lowest BCUT2D eigenvalue weighted by Crippen LogP contribution is -2.00. The van der Waals surface area contributed by atoms with Crippen LogP contribution in [0.2, 0.25) is 0 Å². The van der Waals surface area contributed by atoms with Crippen molar-refractivity contribution in [2.75, 3.05) is 5.32 Å². The summed E-state index contributed by atoms with van der Waals surface area (Å²) in [7, 11) is 0. The summed E-state index contributed by atoms with van der Waals surface area (Å²) in [5, 5.41) is 12.3. The van der Waals surface area contributed by atoms with Gasteiger partial charge in [-0.05, 0) is 18.6 Å². The van der Waals surface area contributed by atoms with Crippen molar-refractivity contribution in [3.63, 3.8) is 0 Å². The molecule has 0 aliphatic rings. The minimum Gasteiger partial charge on any atom is -0.381 e. The molecule has 3 rings (SSSR count). The number of fused-ring (bicyclic) bond motifs is 1. The molecule has 0 fully saturated rings. The summed E-state index contributed by atoms with van der Waals surface area (Å²) < 4.78 is 1.98. The molecule has 1 aromatic carbocycles. The van der Waals surface area contributed by atoms with Crippen LogP contribution >= 0.6 is 0 Å². The minimum atomic E-state index is 0.379. The van der Waals surface area contributed by atoms with Crippen molar-refractivity contribution >= 4 is 11.3 Å². The van der Waals surface area contributed by atoms with E-state index in [9.17, 15) is 0 Å². The van der Waals surface area contributed by atoms with Crippen LogP contribution in [0.4, 0.5) is 5.69 Å². The standard InChI is InChI=1S/C17H16N4/c1-13-16(7-9-18)21-10-8-15(11-17(21)20-13)19-12-14-5-3-2-4-6-14/h2-6,8,10-11,19H,7,12H2,1H3. The van der Waals surface area contributed by atoms with Gasteiger partial charge in [-0.1, -0.05) is 30.3 Å². The van der Waals surface area contributed by atoms with E-state index in [1.807, 2.05) is 47.9 Å². The van der Waals surface area contributed by atoms with Gasteiger partial charge in [0.05, 0.1) is 23.9 Å². The Morgan fingerprint density at radius 2 is 2.05 bits per heavy atom. The van der Waals surface area contributed by atoms with Gasteiger partial charge in [-0.2, -0.15) is 5.26 Å². The number of imidazole rings is 1. The zero-order valence-electron chi connectivity index (χ0n) is 11.9. The topological polar surface area (TPSA) is 53.1 Å². The van der Waals surface area contributed by atoms with E-state index in [0.717, 1.165) is 29.3 Å². The average Bonchev–Trinajstić information content (AvgIpc) is 2.82. The number of pyridine rings is 1. The first-order chi connectivity index (χ1) is 10.3. The summed E-state index contributed by atoms with van der Waals surface area (Å²) in [5.41, 5.74) is 5.01. The van der Waals surface area contributed by atoms with Crippen LogP contribution in [0.15, 0.2) is 48.7 Å². The maximum absolute atomic E-state index is 8.88. The Bertz CT molecular complexity index is 797. The zero-order chi connectivity index (χ0) is 14.7. The molecule has 0 radical (unpaired) electrons. The molecule has 21 heavy (non-hydrogen) atoms. The summed E-state index contributed by atoms with van der Waals surface area (Å²) in [6, 6.07) is 16.5. The summed E-state index contributed by atoms with van der Waals surface area (Å²) >= 11 is 0. The Hall–Kier alpha value is -2.80. The molecule has 0 saturated heterocycles. The first kappa shape index (κ1) is 13.2. The van der Waals surface area contributed by atoms with Crippen LogP contribution in [-0.2, 0) is 13.0 Å². The third-order valence-electron chi connectivity index (χ3n) is 3.51. The summed E-state index contributed by atoms with van der Waals surface area (Å²) in [5.74, 6) is 0. The highest BCUT2D eigenvalue weighted by molar-refractivity contribution is 5.56. The van der Waals surface area contributed by atoms with Crippen molar-refractivity contribution in [2.45, 2.75) is 19.9 Å². The van der Waals surface area contributed by atoms with Crippen molar-refractivity contribution in [3.8, 4) is 6.07 Å². The molecule has 0 amide bonds. The third kappa shape index (κ3) is 2.72. The fourth-order valence-corrected chi connectivity index (χ4v) is 2.41. The Morgan fingerprint density at radius 3 is 2.81 bits per heavy atom. The highest BCUT2D eigenvalue weighted by Crippen LogP contribution is 2.17. The lowest BCUT2D eigenvalue weighted by atomic mass is 10.2. The monoisotopic (exact) mass is 276 g/mol. The predicted molar refractivity (Wildman–Crippen MR) is 83.0 cm³/mol. The molecular weight excluding hydrogens is 260 g/mol. The van der Waals surface area contributed by atoms with E-state index in [-0.39, 0.29) is 0 Å². The Morgan fingerprint density at radius 1 is 1.24 bits per heavy atom. The van der Waals surface area contributed by atoms with Crippen LogP contribution < -0.4 is 5.32 Å². The molecule has 4 nitrogen and oxygen atoms in total. The number of nitrogens with one attached hydrogen (secondary N) is 1. The van der Waals surface area contributed by atoms with Crippen molar-refractivity contribution in [2.24, 2.45) is 0 Å². The second-order valence-corrected chi connectivity index (χ2v) is 4.96. The van der Waals surface area contributed by atoms with Crippen molar-refractivity contribution < 1.29 is 0 Å². The molecule has 0 unspecified atom stereocenters. The minimum absolute atomic E-state index is 0.379. The highest BCUT2D eigenvalue weighted by atomic mass is 15.0. The van der Waals surface area contributed by atoms with E-state index in [0.29, 0.717) is 6.42 Å². The number of nitriles is 1. The Labute approximate surface area is 123 Å². The van der Waals surface area contributed by atoms with Crippen LogP contribution in [0.3, 0.4) is 0 Å². The SMILES string of the molecule is Cc1nc2cc(NCc3ccccc3)ccn2c1CC#N. The highest BCUT2D eigenvalue weighted by Gasteiger charge is 2.08. The molecule has 104 valence electrons. The molecule has 3 aromatic rings. The molecule has 2 heterocycles. The molecule has 0 bridgehead atoms. The van der Waals surface area contributed by atoms with Gasteiger partial charge >= 0.3 is 0 Å². The predicted octanol–water partition coefficient (Wildman–Crippen LogP) is 3.32. The van der Waals surface area contributed by atoms with E-state index < -0.39 is 0 Å². The average molecular weight is 276 g/mol. The van der Waals surface area contributed by atoms with Crippen molar-refractivity contribution in [1.29, 1.82) is 5.26 Å². The molecule has 1 N–H and O–H groups in total. The molecule has 0 aliphatic heterocycles. The number of rotatable bonds is 4. The van der Waals surface area contributed by atoms with Gasteiger partial charge in [0.25, 0.3) is 0 Å². The molecule has 2 aromatic heterocycles. The summed E-state index contributed by atoms with van der Waals surface area (Å²) in [4.78, 5) is 4.52. The van der Waals surface area contributed by atoms with Gasteiger partial charge in [0.2, 0.25) is 0 Å². The molecule has 0 atom stereocenters. The van der Waals surface area contributed by atoms with Gasteiger partial charge < -0.3 is 9.72 Å². The number of hydrogen-bond donors (Lipinski definition) is 1. The maximum Gasteiger partial charge on any atom is 0.139 e. The number of benzene rings is 1. The fourth-order valence-electron chi connectivity index (χ4n) is 2.41. The van der Waals surface area contributed by atoms with Crippen LogP contribution in [0.1, 0.15) is 17.0 Å². The van der Waals surface area contributed by atoms with E-state index in [2.05, 4.69) is 28.5 Å². The van der Waals surface area contributed by atoms with E-state index >= 15 is 0 Å². The molecular formula is C17H16N4. The van der Waals surface area contributed by atoms with E-state index in [1.54, 1.807) is 0 Å². The fraction of sp³-hybridized carbons (Fsp3) is 0.176. The quantitative estimate of drug-likeness (QED) is 0.795. The van der Waals surface area contributed by atoms with Gasteiger partial charge in [-0.25, -0.2) is 4.98 Å². The van der Waals surface area contributed by atoms with Crippen LogP contribution in [-0.4, -0.2) is 9.38 Å². The number of aryl methyl sites for hydroxylation is 1. The van der Waals surface area contributed by atoms with Gasteiger partial charge in [0, 0.05) is 24.5 Å². The lowest BCUT2D eigenvalue weighted by Gasteiger charge is -2.07. The molecule has 0 aliphatic carbocycles. The summed E-state index contributed by atoms with van der Waals surface area (Å²) in [6.07, 6.45) is 2.35. The largest absolute Gasteiger partial charge is 0.381 e. The molecule has 4 heteroatoms. The zero-order valence-corrected chi connectivity index (χ0v) is 11.9. The number of nitrogens with zero attached hydrogens (tertiary/aromatic N) is 3. The first-order valence-electron chi connectivity index (χ1n) is 6.90. The second kappa shape index (κ2) is 5.68. The van der Waals surface area contributed by atoms with E-state index in [1.165, 1.54) is 5.56 Å². The first-order valence-corrected chi connectivity index (χ1v) is 6.90. The number of hydrogen-bond acceptors (Lipinski definition) is 3. The van der Waals surface area contributed by atoms with Crippen molar-refractivity contribution in [3.05, 3.63) is 65.6 Å². The van der Waals surface area contributed by atoms with Crippen LogP contribution in [0.5, 0.6) is 0 Å². The van der Waals surface area contributed by atoms with Gasteiger partial charge in [-0.3, -0.25) is 0 Å². The van der Waals surface area contributed by atoms with Gasteiger partial charge in [-0.15, -0.1) is 0 Å². The van der Waals surface area contributed by atoms with Crippen LogP contribution in [0.25, 0.3) is 5.65 Å². The van der Waals surface area contributed by atoms with Crippen molar-refractivity contribution in [1.82, 2.24) is 9.38 Å².